The molecule has 1 aliphatic heterocycles. The van der Waals surface area contributed by atoms with Crippen LogP contribution in [0.3, 0.4) is 0 Å². The van der Waals surface area contributed by atoms with Gasteiger partial charge in [-0.25, -0.2) is 4.68 Å². The Morgan fingerprint density at radius 1 is 1.06 bits per heavy atom. The zero-order valence-corrected chi connectivity index (χ0v) is 20.9. The minimum absolute atomic E-state index is 0.00226. The number of carbonyl (C=O) groups excluding carboxylic acids is 1. The summed E-state index contributed by atoms with van der Waals surface area (Å²) >= 11 is 6.42. The second-order valence-electron chi connectivity index (χ2n) is 8.84. The summed E-state index contributed by atoms with van der Waals surface area (Å²) in [6, 6.07) is 26.6. The Hall–Kier alpha value is -3.61. The van der Waals surface area contributed by atoms with Gasteiger partial charge in [0, 0.05) is 31.3 Å². The van der Waals surface area contributed by atoms with Crippen molar-refractivity contribution in [3.63, 3.8) is 0 Å². The van der Waals surface area contributed by atoms with Gasteiger partial charge >= 0.3 is 0 Å². The molecular weight excluding hydrogens is 474 g/mol. The zero-order chi connectivity index (χ0) is 24.9. The SMILES string of the molecule is Cn1nc(-c2ccccc2)c(CN(C[C@H]2CCCO2)C(=O)c2ccccc2)c1Oc1ccccc1Cl. The van der Waals surface area contributed by atoms with Crippen LogP contribution in [0.5, 0.6) is 11.6 Å². The third-order valence-electron chi connectivity index (χ3n) is 6.28. The first-order valence-electron chi connectivity index (χ1n) is 12.1. The Kier molecular flexibility index (Phi) is 7.35. The lowest BCUT2D eigenvalue weighted by Crippen LogP contribution is -2.37. The van der Waals surface area contributed by atoms with E-state index in [1.807, 2.05) is 90.8 Å². The Balaban J connectivity index is 1.57. The zero-order valence-electron chi connectivity index (χ0n) is 20.1. The molecule has 0 spiro atoms. The predicted molar refractivity (Wildman–Crippen MR) is 140 cm³/mol. The van der Waals surface area contributed by atoms with E-state index in [2.05, 4.69) is 0 Å². The minimum atomic E-state index is -0.0577. The van der Waals surface area contributed by atoms with Crippen molar-refractivity contribution in [1.82, 2.24) is 14.7 Å². The van der Waals surface area contributed by atoms with Crippen molar-refractivity contribution in [3.05, 3.63) is 101 Å². The smallest absolute Gasteiger partial charge is 0.254 e. The van der Waals surface area contributed by atoms with Crippen LogP contribution in [0.25, 0.3) is 11.3 Å². The molecule has 5 rings (SSSR count). The Morgan fingerprint density at radius 2 is 1.75 bits per heavy atom. The maximum Gasteiger partial charge on any atom is 0.254 e. The van der Waals surface area contributed by atoms with E-state index in [1.54, 1.807) is 10.7 Å². The van der Waals surface area contributed by atoms with E-state index in [9.17, 15) is 4.79 Å². The molecule has 4 aromatic rings. The molecule has 0 bridgehead atoms. The van der Waals surface area contributed by atoms with E-state index < -0.39 is 0 Å². The number of aryl methyl sites for hydroxylation is 1. The number of hydrogen-bond donors (Lipinski definition) is 0. The van der Waals surface area contributed by atoms with E-state index in [1.165, 1.54) is 0 Å². The van der Waals surface area contributed by atoms with Crippen molar-refractivity contribution in [2.24, 2.45) is 7.05 Å². The van der Waals surface area contributed by atoms with Crippen LogP contribution in [0.15, 0.2) is 84.9 Å². The average molecular weight is 502 g/mol. The number of benzene rings is 3. The van der Waals surface area contributed by atoms with Gasteiger partial charge in [0.2, 0.25) is 5.88 Å². The first kappa shape index (κ1) is 24.1. The van der Waals surface area contributed by atoms with Crippen molar-refractivity contribution in [2.45, 2.75) is 25.5 Å². The molecule has 0 unspecified atom stereocenters. The van der Waals surface area contributed by atoms with Gasteiger partial charge in [0.25, 0.3) is 5.91 Å². The van der Waals surface area contributed by atoms with Gasteiger partial charge < -0.3 is 14.4 Å². The highest BCUT2D eigenvalue weighted by molar-refractivity contribution is 6.32. The van der Waals surface area contributed by atoms with Crippen molar-refractivity contribution < 1.29 is 14.3 Å². The van der Waals surface area contributed by atoms with Crippen LogP contribution in [-0.4, -0.2) is 39.8 Å². The number of carbonyl (C=O) groups is 1. The molecule has 36 heavy (non-hydrogen) atoms. The van der Waals surface area contributed by atoms with Crippen LogP contribution < -0.4 is 4.74 Å². The van der Waals surface area contributed by atoms with Crippen LogP contribution in [0.4, 0.5) is 0 Å². The van der Waals surface area contributed by atoms with Crippen molar-refractivity contribution in [1.29, 1.82) is 0 Å². The molecule has 0 N–H and O–H groups in total. The summed E-state index contributed by atoms with van der Waals surface area (Å²) in [4.78, 5) is 15.5. The number of amides is 1. The van der Waals surface area contributed by atoms with Gasteiger partial charge in [-0.1, -0.05) is 72.3 Å². The Labute approximate surface area is 216 Å². The maximum absolute atomic E-state index is 13.7. The molecule has 0 aliphatic carbocycles. The predicted octanol–water partition coefficient (Wildman–Crippen LogP) is 6.35. The molecule has 184 valence electrons. The summed E-state index contributed by atoms with van der Waals surface area (Å²) in [7, 11) is 1.84. The highest BCUT2D eigenvalue weighted by atomic mass is 35.5. The fraction of sp³-hybridized carbons (Fsp3) is 0.241. The first-order valence-corrected chi connectivity index (χ1v) is 12.5. The largest absolute Gasteiger partial charge is 0.437 e. The molecule has 6 nitrogen and oxygen atoms in total. The van der Waals surface area contributed by atoms with Gasteiger partial charge in [-0.2, -0.15) is 5.10 Å². The highest BCUT2D eigenvalue weighted by Crippen LogP contribution is 2.36. The maximum atomic E-state index is 13.7. The minimum Gasteiger partial charge on any atom is -0.437 e. The molecule has 1 aliphatic rings. The normalized spacial score (nSPS) is 15.1. The van der Waals surface area contributed by atoms with Gasteiger partial charge in [0.1, 0.15) is 11.4 Å². The second-order valence-corrected chi connectivity index (χ2v) is 9.25. The van der Waals surface area contributed by atoms with Crippen LogP contribution in [0, 0.1) is 0 Å². The quantitative estimate of drug-likeness (QED) is 0.282. The molecule has 1 aromatic heterocycles. The van der Waals surface area contributed by atoms with Gasteiger partial charge in [-0.05, 0) is 37.1 Å². The number of aromatic nitrogens is 2. The average Bonchev–Trinajstić information content (AvgIpc) is 3.54. The third-order valence-corrected chi connectivity index (χ3v) is 6.60. The lowest BCUT2D eigenvalue weighted by Gasteiger charge is -2.26. The summed E-state index contributed by atoms with van der Waals surface area (Å²) in [6.45, 7) is 1.52. The van der Waals surface area contributed by atoms with Gasteiger partial charge in [0.05, 0.1) is 23.2 Å². The monoisotopic (exact) mass is 501 g/mol. The van der Waals surface area contributed by atoms with Crippen molar-refractivity contribution in [2.75, 3.05) is 13.2 Å². The summed E-state index contributed by atoms with van der Waals surface area (Å²) < 4.78 is 13.9. The van der Waals surface area contributed by atoms with E-state index >= 15 is 0 Å². The number of para-hydroxylation sites is 1. The number of rotatable bonds is 8. The molecular formula is C29H28ClN3O3. The van der Waals surface area contributed by atoms with Crippen LogP contribution in [-0.2, 0) is 18.3 Å². The molecule has 1 amide bonds. The van der Waals surface area contributed by atoms with Gasteiger partial charge in [0.15, 0.2) is 0 Å². The Morgan fingerprint density at radius 3 is 2.44 bits per heavy atom. The summed E-state index contributed by atoms with van der Waals surface area (Å²) in [5.74, 6) is 1.01. The number of nitrogens with zero attached hydrogens (tertiary/aromatic N) is 3. The second kappa shape index (κ2) is 11.0. The summed E-state index contributed by atoms with van der Waals surface area (Å²) in [6.07, 6.45) is 1.93. The van der Waals surface area contributed by atoms with E-state index in [0.29, 0.717) is 35.3 Å². The number of halogens is 1. The molecule has 2 heterocycles. The number of ether oxygens (including phenoxy) is 2. The number of hydrogen-bond acceptors (Lipinski definition) is 4. The van der Waals surface area contributed by atoms with Crippen LogP contribution in [0.2, 0.25) is 5.02 Å². The molecule has 1 saturated heterocycles. The van der Waals surface area contributed by atoms with E-state index in [4.69, 9.17) is 26.2 Å². The Bertz CT molecular complexity index is 1320. The molecule has 0 radical (unpaired) electrons. The topological polar surface area (TPSA) is 56.6 Å². The molecule has 1 fully saturated rings. The molecule has 1 atom stereocenters. The first-order chi connectivity index (χ1) is 17.6. The van der Waals surface area contributed by atoms with E-state index in [0.717, 1.165) is 36.3 Å². The van der Waals surface area contributed by atoms with Crippen molar-refractivity contribution >= 4 is 17.5 Å². The highest BCUT2D eigenvalue weighted by Gasteiger charge is 2.28. The fourth-order valence-electron chi connectivity index (χ4n) is 4.49. The van der Waals surface area contributed by atoms with Gasteiger partial charge in [-0.3, -0.25) is 4.79 Å². The van der Waals surface area contributed by atoms with Gasteiger partial charge in [-0.15, -0.1) is 0 Å². The van der Waals surface area contributed by atoms with Crippen LogP contribution >= 0.6 is 11.6 Å². The van der Waals surface area contributed by atoms with E-state index in [-0.39, 0.29) is 12.0 Å². The third kappa shape index (κ3) is 5.30. The molecule has 7 heteroatoms. The van der Waals surface area contributed by atoms with Crippen molar-refractivity contribution in [3.8, 4) is 22.9 Å². The lowest BCUT2D eigenvalue weighted by molar-refractivity contribution is 0.0506. The molecule has 3 aromatic carbocycles. The summed E-state index contributed by atoms with van der Waals surface area (Å²) in [5.41, 5.74) is 3.15. The molecule has 0 saturated carbocycles. The standard InChI is InChI=1S/C29H28ClN3O3/c1-32-29(36-26-17-9-8-16-25(26)30)24(27(31-32)21-11-4-2-5-12-21)20-33(19-23-15-10-18-35-23)28(34)22-13-6-3-7-14-22/h2-9,11-14,16-17,23H,10,15,18-20H2,1H3/t23-/m1/s1. The fourth-order valence-corrected chi connectivity index (χ4v) is 4.66. The van der Waals surface area contributed by atoms with Crippen LogP contribution in [0.1, 0.15) is 28.8 Å². The lowest BCUT2D eigenvalue weighted by atomic mass is 10.1. The summed E-state index contributed by atoms with van der Waals surface area (Å²) in [5, 5.41) is 5.31.